The van der Waals surface area contributed by atoms with Crippen LogP contribution in [0, 0.1) is 6.92 Å². The first-order chi connectivity index (χ1) is 14.9. The first-order valence-electron chi connectivity index (χ1n) is 10.2. The Morgan fingerprint density at radius 2 is 1.81 bits per heavy atom. The zero-order valence-electron chi connectivity index (χ0n) is 18.1. The molecule has 9 heteroatoms. The Balaban J connectivity index is 1.37. The van der Waals surface area contributed by atoms with E-state index in [-0.39, 0.29) is 4.90 Å². The van der Waals surface area contributed by atoms with Crippen LogP contribution in [0.2, 0.25) is 0 Å². The Kier molecular flexibility index (Phi) is 7.51. The van der Waals surface area contributed by atoms with E-state index in [9.17, 15) is 8.42 Å². The largest absolute Gasteiger partial charge is 0.492 e. The molecule has 0 spiro atoms. The molecule has 3 aromatic rings. The van der Waals surface area contributed by atoms with Crippen molar-refractivity contribution in [2.75, 3.05) is 33.0 Å². The van der Waals surface area contributed by atoms with Crippen LogP contribution in [0.4, 0.5) is 0 Å². The minimum atomic E-state index is -3.20. The molecule has 8 nitrogen and oxygen atoms in total. The fourth-order valence-corrected chi connectivity index (χ4v) is 3.89. The molecule has 0 bridgehead atoms. The van der Waals surface area contributed by atoms with E-state index in [1.807, 2.05) is 25.1 Å². The molecule has 0 unspecified atom stereocenters. The summed E-state index contributed by atoms with van der Waals surface area (Å²) in [5, 5.41) is 6.51. The number of rotatable bonds is 9. The molecule has 0 saturated heterocycles. The van der Waals surface area contributed by atoms with Crippen molar-refractivity contribution in [2.45, 2.75) is 24.8 Å². The van der Waals surface area contributed by atoms with Crippen LogP contribution in [0.25, 0.3) is 11.0 Å². The maximum atomic E-state index is 11.5. The number of para-hydroxylation sites is 2. The Labute approximate surface area is 183 Å². The molecule has 3 rings (SSSR count). The van der Waals surface area contributed by atoms with E-state index in [0.29, 0.717) is 24.9 Å². The zero-order chi connectivity index (χ0) is 22.3. The summed E-state index contributed by atoms with van der Waals surface area (Å²) in [4.78, 5) is 9.10. The van der Waals surface area contributed by atoms with Crippen LogP contribution in [-0.2, 0) is 16.4 Å². The third-order valence-corrected chi connectivity index (χ3v) is 5.96. The predicted octanol–water partition coefficient (Wildman–Crippen LogP) is 2.38. The number of benzene rings is 2. The van der Waals surface area contributed by atoms with E-state index in [1.165, 1.54) is 6.26 Å². The number of imidazole rings is 1. The number of nitrogens with zero attached hydrogens (tertiary/aromatic N) is 3. The summed E-state index contributed by atoms with van der Waals surface area (Å²) in [6, 6.07) is 14.6. The summed E-state index contributed by atoms with van der Waals surface area (Å²) >= 11 is 0. The van der Waals surface area contributed by atoms with Gasteiger partial charge in [0.25, 0.3) is 0 Å². The molecule has 31 heavy (non-hydrogen) atoms. The predicted molar refractivity (Wildman–Crippen MR) is 123 cm³/mol. The van der Waals surface area contributed by atoms with Crippen molar-refractivity contribution < 1.29 is 13.2 Å². The van der Waals surface area contributed by atoms with Crippen LogP contribution < -0.4 is 15.4 Å². The van der Waals surface area contributed by atoms with Crippen molar-refractivity contribution in [3.05, 3.63) is 54.4 Å². The SMILES string of the molecule is CN=C(NCCCn1c(C)nc2ccccc21)NCCOc1ccc(S(C)(=O)=O)cc1. The highest BCUT2D eigenvalue weighted by molar-refractivity contribution is 7.90. The van der Waals surface area contributed by atoms with Gasteiger partial charge in [0, 0.05) is 26.4 Å². The standard InChI is InChI=1S/C22H29N5O3S/c1-17-26-20-7-4-5-8-21(20)27(17)15-6-13-24-22(23-2)25-14-16-30-18-9-11-19(12-10-18)31(3,28)29/h4-5,7-12H,6,13-16H2,1-3H3,(H2,23,24,25). The third-order valence-electron chi connectivity index (χ3n) is 4.84. The molecule has 166 valence electrons. The van der Waals surface area contributed by atoms with Gasteiger partial charge in [0.2, 0.25) is 0 Å². The lowest BCUT2D eigenvalue weighted by Gasteiger charge is -2.13. The highest BCUT2D eigenvalue weighted by Crippen LogP contribution is 2.16. The van der Waals surface area contributed by atoms with Gasteiger partial charge in [0.05, 0.1) is 22.5 Å². The van der Waals surface area contributed by atoms with Gasteiger partial charge in [0.1, 0.15) is 18.2 Å². The smallest absolute Gasteiger partial charge is 0.191 e. The molecule has 2 N–H and O–H groups in total. The molecule has 0 aliphatic heterocycles. The summed E-state index contributed by atoms with van der Waals surface area (Å²) in [6.45, 7) is 4.68. The van der Waals surface area contributed by atoms with Gasteiger partial charge < -0.3 is 19.9 Å². The van der Waals surface area contributed by atoms with E-state index >= 15 is 0 Å². The summed E-state index contributed by atoms with van der Waals surface area (Å²) in [6.07, 6.45) is 2.12. The van der Waals surface area contributed by atoms with Crippen LogP contribution in [0.1, 0.15) is 12.2 Å². The van der Waals surface area contributed by atoms with Gasteiger partial charge in [-0.15, -0.1) is 0 Å². The van der Waals surface area contributed by atoms with Crippen molar-refractivity contribution in [3.8, 4) is 5.75 Å². The summed E-state index contributed by atoms with van der Waals surface area (Å²) in [7, 11) is -1.47. The lowest BCUT2D eigenvalue weighted by Crippen LogP contribution is -2.39. The highest BCUT2D eigenvalue weighted by Gasteiger charge is 2.07. The molecule has 0 amide bonds. The fraction of sp³-hybridized carbons (Fsp3) is 0.364. The molecular formula is C22H29N5O3S. The lowest BCUT2D eigenvalue weighted by molar-refractivity contribution is 0.321. The minimum Gasteiger partial charge on any atom is -0.492 e. The van der Waals surface area contributed by atoms with Crippen molar-refractivity contribution in [3.63, 3.8) is 0 Å². The van der Waals surface area contributed by atoms with Crippen molar-refractivity contribution >= 4 is 26.8 Å². The number of aryl methyl sites for hydroxylation is 2. The topological polar surface area (TPSA) is 97.6 Å². The number of ether oxygens (including phenoxy) is 1. The Bertz CT molecular complexity index is 1140. The zero-order valence-corrected chi connectivity index (χ0v) is 18.9. The van der Waals surface area contributed by atoms with Gasteiger partial charge in [-0.05, 0) is 49.7 Å². The second kappa shape index (κ2) is 10.3. The second-order valence-corrected chi connectivity index (χ2v) is 9.19. The summed E-state index contributed by atoms with van der Waals surface area (Å²) in [5.41, 5.74) is 2.18. The average Bonchev–Trinajstić information content (AvgIpc) is 3.07. The maximum Gasteiger partial charge on any atom is 0.191 e. The molecule has 0 radical (unpaired) electrons. The molecule has 2 aromatic carbocycles. The second-order valence-electron chi connectivity index (χ2n) is 7.17. The number of hydrogen-bond acceptors (Lipinski definition) is 5. The third kappa shape index (κ3) is 6.21. The number of guanidine groups is 1. The normalized spacial score (nSPS) is 12.2. The van der Waals surface area contributed by atoms with E-state index in [1.54, 1.807) is 31.3 Å². The van der Waals surface area contributed by atoms with Gasteiger partial charge in [0.15, 0.2) is 15.8 Å². The van der Waals surface area contributed by atoms with Crippen molar-refractivity contribution in [2.24, 2.45) is 4.99 Å². The Morgan fingerprint density at radius 3 is 2.52 bits per heavy atom. The Hall–Kier alpha value is -3.07. The van der Waals surface area contributed by atoms with Gasteiger partial charge in [-0.2, -0.15) is 0 Å². The number of aliphatic imine (C=N–C) groups is 1. The summed E-state index contributed by atoms with van der Waals surface area (Å²) in [5.74, 6) is 2.36. The molecule has 0 saturated carbocycles. The van der Waals surface area contributed by atoms with E-state index in [0.717, 1.165) is 36.4 Å². The monoisotopic (exact) mass is 443 g/mol. The first-order valence-corrected chi connectivity index (χ1v) is 12.1. The lowest BCUT2D eigenvalue weighted by atomic mass is 10.3. The van der Waals surface area contributed by atoms with Gasteiger partial charge >= 0.3 is 0 Å². The van der Waals surface area contributed by atoms with Crippen LogP contribution in [0.5, 0.6) is 5.75 Å². The summed E-state index contributed by atoms with van der Waals surface area (Å²) < 4.78 is 30.9. The van der Waals surface area contributed by atoms with Crippen LogP contribution >= 0.6 is 0 Å². The number of hydrogen-bond donors (Lipinski definition) is 2. The molecule has 0 fully saturated rings. The first kappa shape index (κ1) is 22.6. The van der Waals surface area contributed by atoms with Gasteiger partial charge in [-0.3, -0.25) is 4.99 Å². The molecule has 1 heterocycles. The van der Waals surface area contributed by atoms with Crippen LogP contribution in [0.3, 0.4) is 0 Å². The van der Waals surface area contributed by atoms with Crippen LogP contribution in [0.15, 0.2) is 58.4 Å². The molecular weight excluding hydrogens is 414 g/mol. The van der Waals surface area contributed by atoms with E-state index in [2.05, 4.69) is 31.2 Å². The molecule has 1 aromatic heterocycles. The molecule has 0 atom stereocenters. The van der Waals surface area contributed by atoms with E-state index < -0.39 is 9.84 Å². The van der Waals surface area contributed by atoms with E-state index in [4.69, 9.17) is 4.74 Å². The fourth-order valence-electron chi connectivity index (χ4n) is 3.26. The van der Waals surface area contributed by atoms with Crippen LogP contribution in [-0.4, -0.2) is 56.9 Å². The Morgan fingerprint density at radius 1 is 1.10 bits per heavy atom. The van der Waals surface area contributed by atoms with Gasteiger partial charge in [-0.25, -0.2) is 13.4 Å². The average molecular weight is 444 g/mol. The number of sulfone groups is 1. The molecule has 0 aliphatic rings. The maximum absolute atomic E-state index is 11.5. The number of fused-ring (bicyclic) bond motifs is 1. The number of nitrogens with one attached hydrogen (secondary N) is 2. The van der Waals surface area contributed by atoms with Gasteiger partial charge in [-0.1, -0.05) is 12.1 Å². The van der Waals surface area contributed by atoms with Crippen molar-refractivity contribution in [1.29, 1.82) is 0 Å². The molecule has 0 aliphatic carbocycles. The van der Waals surface area contributed by atoms with Crippen molar-refractivity contribution in [1.82, 2.24) is 20.2 Å². The number of aromatic nitrogens is 2. The highest BCUT2D eigenvalue weighted by atomic mass is 32.2. The quantitative estimate of drug-likeness (QED) is 0.299. The minimum absolute atomic E-state index is 0.279.